The Hall–Kier alpha value is -1.47. The van der Waals surface area contributed by atoms with Crippen molar-refractivity contribution >= 4 is 12.0 Å². The van der Waals surface area contributed by atoms with Crippen molar-refractivity contribution in [2.75, 3.05) is 0 Å². The van der Waals surface area contributed by atoms with Crippen LogP contribution in [0.3, 0.4) is 0 Å². The molecule has 0 bridgehead atoms. The van der Waals surface area contributed by atoms with Crippen molar-refractivity contribution in [1.29, 1.82) is 0 Å². The van der Waals surface area contributed by atoms with Crippen molar-refractivity contribution in [2.45, 2.75) is 50.9 Å². The molecule has 1 aliphatic rings. The van der Waals surface area contributed by atoms with Crippen molar-refractivity contribution < 1.29 is 27.9 Å². The second-order valence-electron chi connectivity index (χ2n) is 4.88. The average Bonchev–Trinajstić information content (AvgIpc) is 3.04. The predicted octanol–water partition coefficient (Wildman–Crippen LogP) is 1.88. The number of hydrogen-bond acceptors (Lipinski definition) is 2. The van der Waals surface area contributed by atoms with Crippen LogP contribution in [-0.4, -0.2) is 34.9 Å². The molecule has 19 heavy (non-hydrogen) atoms. The summed E-state index contributed by atoms with van der Waals surface area (Å²) in [5.41, 5.74) is -2.18. The monoisotopic (exact) mass is 282 g/mol. The summed E-state index contributed by atoms with van der Waals surface area (Å²) in [7, 11) is 0. The molecule has 1 saturated carbocycles. The van der Waals surface area contributed by atoms with Crippen molar-refractivity contribution in [1.82, 2.24) is 10.6 Å². The lowest BCUT2D eigenvalue weighted by Gasteiger charge is -2.24. The molecular weight excluding hydrogens is 265 g/mol. The lowest BCUT2D eigenvalue weighted by molar-refractivity contribution is -0.162. The smallest absolute Gasteiger partial charge is 0.411 e. The number of rotatable bonds is 5. The van der Waals surface area contributed by atoms with E-state index in [1.165, 1.54) is 0 Å². The van der Waals surface area contributed by atoms with E-state index in [1.807, 2.05) is 5.32 Å². The molecule has 1 aliphatic carbocycles. The van der Waals surface area contributed by atoms with Gasteiger partial charge in [0.2, 0.25) is 0 Å². The van der Waals surface area contributed by atoms with Crippen LogP contribution in [0.15, 0.2) is 0 Å². The first-order valence-electron chi connectivity index (χ1n) is 6.01. The summed E-state index contributed by atoms with van der Waals surface area (Å²) < 4.78 is 37.9. The molecular formula is C11H17F3N2O3. The maximum absolute atomic E-state index is 12.6. The van der Waals surface area contributed by atoms with Gasteiger partial charge in [-0.1, -0.05) is 20.3 Å². The average molecular weight is 282 g/mol. The summed E-state index contributed by atoms with van der Waals surface area (Å²) in [5.74, 6) is -1.63. The molecule has 3 N–H and O–H groups in total. The Bertz CT molecular complexity index is 367. The van der Waals surface area contributed by atoms with Gasteiger partial charge in [0, 0.05) is 0 Å². The largest absolute Gasteiger partial charge is 0.480 e. The zero-order valence-electron chi connectivity index (χ0n) is 10.7. The highest BCUT2D eigenvalue weighted by atomic mass is 19.4. The van der Waals surface area contributed by atoms with E-state index in [0.717, 1.165) is 0 Å². The Labute approximate surface area is 108 Å². The highest BCUT2D eigenvalue weighted by molar-refractivity contribution is 5.83. The fourth-order valence-electron chi connectivity index (χ4n) is 1.68. The van der Waals surface area contributed by atoms with Crippen LogP contribution in [0.1, 0.15) is 33.1 Å². The number of halogens is 3. The number of nitrogens with one attached hydrogen (secondary N) is 2. The maximum atomic E-state index is 12.6. The van der Waals surface area contributed by atoms with Crippen molar-refractivity contribution in [2.24, 2.45) is 5.92 Å². The van der Waals surface area contributed by atoms with Gasteiger partial charge < -0.3 is 15.7 Å². The highest BCUT2D eigenvalue weighted by Gasteiger charge is 2.64. The minimum absolute atomic E-state index is 0.176. The molecule has 2 amide bonds. The number of carbonyl (C=O) groups is 2. The first kappa shape index (κ1) is 15.6. The van der Waals surface area contributed by atoms with Crippen LogP contribution >= 0.6 is 0 Å². The van der Waals surface area contributed by atoms with Gasteiger partial charge in [-0.05, 0) is 18.8 Å². The zero-order chi connectivity index (χ0) is 14.8. The van der Waals surface area contributed by atoms with Crippen LogP contribution in [0.5, 0.6) is 0 Å². The molecule has 1 rings (SSSR count). The van der Waals surface area contributed by atoms with Crippen LogP contribution in [0.25, 0.3) is 0 Å². The molecule has 110 valence electrons. The van der Waals surface area contributed by atoms with E-state index in [4.69, 9.17) is 5.11 Å². The van der Waals surface area contributed by atoms with Crippen molar-refractivity contribution in [3.05, 3.63) is 0 Å². The van der Waals surface area contributed by atoms with Crippen LogP contribution in [0.2, 0.25) is 0 Å². The normalized spacial score (nSPS) is 20.3. The summed E-state index contributed by atoms with van der Waals surface area (Å²) in [6.07, 6.45) is -4.38. The number of carbonyl (C=O) groups excluding carboxylic acids is 1. The Balaban J connectivity index is 2.62. The molecule has 8 heteroatoms. The minimum atomic E-state index is -4.51. The highest BCUT2D eigenvalue weighted by Crippen LogP contribution is 2.48. The third-order valence-electron chi connectivity index (χ3n) is 3.41. The Kier molecular flexibility index (Phi) is 4.32. The summed E-state index contributed by atoms with van der Waals surface area (Å²) in [6, 6.07) is -2.29. The van der Waals surface area contributed by atoms with Crippen LogP contribution in [0.4, 0.5) is 18.0 Å². The van der Waals surface area contributed by atoms with E-state index < -0.39 is 29.8 Å². The molecule has 5 nitrogen and oxygen atoms in total. The summed E-state index contributed by atoms with van der Waals surface area (Å²) in [4.78, 5) is 22.4. The Morgan fingerprint density at radius 3 is 2.21 bits per heavy atom. The molecule has 0 spiro atoms. The molecule has 0 heterocycles. The zero-order valence-corrected chi connectivity index (χ0v) is 10.7. The predicted molar refractivity (Wildman–Crippen MR) is 60.6 cm³/mol. The number of carboxylic acids is 1. The van der Waals surface area contributed by atoms with Gasteiger partial charge in [0.25, 0.3) is 0 Å². The number of amides is 2. The second-order valence-corrected chi connectivity index (χ2v) is 4.88. The third-order valence-corrected chi connectivity index (χ3v) is 3.41. The van der Waals surface area contributed by atoms with E-state index in [9.17, 15) is 22.8 Å². The molecule has 2 atom stereocenters. The molecule has 0 radical (unpaired) electrons. The standard InChI is InChI=1S/C11H17F3N2O3/c1-3-6(2)7(8(17)18)15-9(19)16-10(4-5-10)11(12,13)14/h6-7H,3-5H2,1-2H3,(H,17,18)(H2,15,16,19)/t6?,7-/m0/s1. The molecule has 0 aromatic carbocycles. The molecule has 0 saturated heterocycles. The quantitative estimate of drug-likeness (QED) is 0.720. The molecule has 1 unspecified atom stereocenters. The first-order chi connectivity index (χ1) is 8.63. The first-order valence-corrected chi connectivity index (χ1v) is 6.01. The van der Waals surface area contributed by atoms with Gasteiger partial charge >= 0.3 is 18.2 Å². The number of carboxylic acid groups (broad SMARTS) is 1. The van der Waals surface area contributed by atoms with Crippen LogP contribution in [0, 0.1) is 5.92 Å². The Morgan fingerprint density at radius 2 is 1.89 bits per heavy atom. The van der Waals surface area contributed by atoms with E-state index in [0.29, 0.717) is 6.42 Å². The lowest BCUT2D eigenvalue weighted by atomic mass is 9.99. The van der Waals surface area contributed by atoms with Gasteiger partial charge in [-0.25, -0.2) is 9.59 Å². The van der Waals surface area contributed by atoms with Gasteiger partial charge in [0.15, 0.2) is 0 Å². The fraction of sp³-hybridized carbons (Fsp3) is 0.818. The van der Waals surface area contributed by atoms with Gasteiger partial charge in [-0.3, -0.25) is 0 Å². The fourth-order valence-corrected chi connectivity index (χ4v) is 1.68. The second kappa shape index (κ2) is 5.26. The van der Waals surface area contributed by atoms with Gasteiger partial charge in [-0.2, -0.15) is 13.2 Å². The number of urea groups is 1. The topological polar surface area (TPSA) is 78.4 Å². The number of alkyl halides is 3. The minimum Gasteiger partial charge on any atom is -0.480 e. The van der Waals surface area contributed by atoms with E-state index in [1.54, 1.807) is 13.8 Å². The van der Waals surface area contributed by atoms with Gasteiger partial charge in [0.1, 0.15) is 11.6 Å². The van der Waals surface area contributed by atoms with E-state index >= 15 is 0 Å². The van der Waals surface area contributed by atoms with Gasteiger partial charge in [0.05, 0.1) is 0 Å². The number of hydrogen-bond donors (Lipinski definition) is 3. The van der Waals surface area contributed by atoms with E-state index in [2.05, 4.69) is 5.32 Å². The Morgan fingerprint density at radius 1 is 1.37 bits per heavy atom. The van der Waals surface area contributed by atoms with Crippen LogP contribution in [-0.2, 0) is 4.79 Å². The van der Waals surface area contributed by atoms with E-state index in [-0.39, 0.29) is 18.8 Å². The van der Waals surface area contributed by atoms with Crippen molar-refractivity contribution in [3.8, 4) is 0 Å². The summed E-state index contributed by atoms with van der Waals surface area (Å²) >= 11 is 0. The molecule has 0 aromatic heterocycles. The SMILES string of the molecule is CCC(C)[C@H](NC(=O)NC1(C(F)(F)F)CC1)C(=O)O. The van der Waals surface area contributed by atoms with Crippen LogP contribution < -0.4 is 10.6 Å². The summed E-state index contributed by atoms with van der Waals surface area (Å²) in [6.45, 7) is 3.34. The third kappa shape index (κ3) is 3.51. The maximum Gasteiger partial charge on any atom is 0.411 e. The molecule has 0 aromatic rings. The van der Waals surface area contributed by atoms with Crippen molar-refractivity contribution in [3.63, 3.8) is 0 Å². The van der Waals surface area contributed by atoms with Gasteiger partial charge in [-0.15, -0.1) is 0 Å². The number of aliphatic carboxylic acids is 1. The summed E-state index contributed by atoms with van der Waals surface area (Å²) in [5, 5.41) is 12.9. The molecule has 0 aliphatic heterocycles. The lowest BCUT2D eigenvalue weighted by Crippen LogP contribution is -2.55. The molecule has 1 fully saturated rings.